The number of carbonyl (C=O) groups is 1. The van der Waals surface area contributed by atoms with E-state index in [2.05, 4.69) is 20.7 Å². The van der Waals surface area contributed by atoms with Crippen LogP contribution in [0.1, 0.15) is 17.3 Å². The van der Waals surface area contributed by atoms with Gasteiger partial charge in [0.2, 0.25) is 0 Å². The maximum atomic E-state index is 12.1. The van der Waals surface area contributed by atoms with Crippen molar-refractivity contribution in [2.45, 2.75) is 13.3 Å². The summed E-state index contributed by atoms with van der Waals surface area (Å²) >= 11 is 4.67. The highest BCUT2D eigenvalue weighted by atomic mass is 127. The molecule has 0 unspecified atom stereocenters. The Morgan fingerprint density at radius 1 is 1.44 bits per heavy atom. The van der Waals surface area contributed by atoms with Crippen molar-refractivity contribution in [3.8, 4) is 5.75 Å². The minimum absolute atomic E-state index is 0.144. The van der Waals surface area contributed by atoms with Crippen molar-refractivity contribution >= 4 is 44.3 Å². The van der Waals surface area contributed by atoms with Crippen molar-refractivity contribution in [1.29, 1.82) is 0 Å². The highest BCUT2D eigenvalue weighted by Gasteiger charge is 2.32. The molecular weight excluding hydrogens is 404 g/mol. The summed E-state index contributed by atoms with van der Waals surface area (Å²) in [5.41, 5.74) is 0.189. The van der Waals surface area contributed by atoms with Gasteiger partial charge in [-0.1, -0.05) is 15.9 Å². The summed E-state index contributed by atoms with van der Waals surface area (Å²) in [7, 11) is 0. The van der Waals surface area contributed by atoms with Crippen LogP contribution in [0.25, 0.3) is 0 Å². The lowest BCUT2D eigenvalue weighted by Gasteiger charge is -2.12. The van der Waals surface area contributed by atoms with Crippen LogP contribution in [0.3, 0.4) is 0 Å². The molecule has 0 bridgehead atoms. The number of hydrogen-bond acceptors (Lipinski definition) is 2. The van der Waals surface area contributed by atoms with Crippen LogP contribution in [0.4, 0.5) is 13.2 Å². The first-order chi connectivity index (χ1) is 7.20. The molecule has 88 valence electrons. The van der Waals surface area contributed by atoms with Gasteiger partial charge in [-0.15, -0.1) is 13.2 Å². The topological polar surface area (TPSA) is 26.3 Å². The van der Waals surface area contributed by atoms with E-state index >= 15 is 0 Å². The number of rotatable bonds is 2. The van der Waals surface area contributed by atoms with E-state index in [-0.39, 0.29) is 20.7 Å². The number of halogens is 5. The van der Waals surface area contributed by atoms with E-state index in [4.69, 9.17) is 0 Å². The van der Waals surface area contributed by atoms with Gasteiger partial charge in [0.1, 0.15) is 5.75 Å². The molecule has 0 saturated heterocycles. The van der Waals surface area contributed by atoms with Crippen LogP contribution >= 0.6 is 38.5 Å². The number of hydrogen-bond donors (Lipinski definition) is 0. The molecule has 1 rings (SSSR count). The van der Waals surface area contributed by atoms with Gasteiger partial charge in [-0.2, -0.15) is 0 Å². The van der Waals surface area contributed by atoms with Crippen molar-refractivity contribution in [2.24, 2.45) is 0 Å². The van der Waals surface area contributed by atoms with Crippen LogP contribution in [0.5, 0.6) is 5.75 Å². The largest absolute Gasteiger partial charge is 0.573 e. The lowest BCUT2D eigenvalue weighted by Crippen LogP contribution is -2.18. The molecule has 0 aromatic heterocycles. The summed E-state index contributed by atoms with van der Waals surface area (Å²) in [5, 5.41) is 0. The van der Waals surface area contributed by atoms with Crippen molar-refractivity contribution in [3.05, 3.63) is 25.7 Å². The molecule has 16 heavy (non-hydrogen) atoms. The molecule has 0 atom stereocenters. The first-order valence-corrected chi connectivity index (χ1v) is 5.83. The predicted octanol–water partition coefficient (Wildman–Crippen LogP) is 4.15. The Morgan fingerprint density at radius 2 is 2.00 bits per heavy atom. The first kappa shape index (κ1) is 13.8. The van der Waals surface area contributed by atoms with Gasteiger partial charge in [-0.25, -0.2) is 0 Å². The maximum Gasteiger partial charge on any atom is 0.573 e. The molecule has 0 heterocycles. The number of ether oxygens (including phenoxy) is 1. The molecule has 0 fully saturated rings. The minimum atomic E-state index is -4.77. The van der Waals surface area contributed by atoms with E-state index in [1.165, 1.54) is 19.1 Å². The number of benzene rings is 1. The third kappa shape index (κ3) is 3.62. The molecule has 0 saturated carbocycles. The second-order valence-corrected chi connectivity index (χ2v) is 4.86. The van der Waals surface area contributed by atoms with Gasteiger partial charge in [-0.05, 0) is 41.6 Å². The number of alkyl halides is 3. The zero-order chi connectivity index (χ0) is 12.5. The summed E-state index contributed by atoms with van der Waals surface area (Å²) in [6, 6.07) is 2.62. The molecular formula is C9H5BrF3IO2. The van der Waals surface area contributed by atoms with Crippen LogP contribution < -0.4 is 4.74 Å². The second-order valence-electron chi connectivity index (χ2n) is 2.87. The smallest absolute Gasteiger partial charge is 0.405 e. The van der Waals surface area contributed by atoms with Crippen molar-refractivity contribution in [3.63, 3.8) is 0 Å². The Balaban J connectivity index is 3.25. The predicted molar refractivity (Wildman–Crippen MR) is 63.5 cm³/mol. The van der Waals surface area contributed by atoms with E-state index in [0.29, 0.717) is 4.47 Å². The summed E-state index contributed by atoms with van der Waals surface area (Å²) in [6.07, 6.45) is -4.77. The summed E-state index contributed by atoms with van der Waals surface area (Å²) in [4.78, 5) is 11.2. The summed E-state index contributed by atoms with van der Waals surface area (Å²) < 4.78 is 40.5. The molecule has 0 radical (unpaired) electrons. The van der Waals surface area contributed by atoms with Gasteiger partial charge in [0.25, 0.3) is 0 Å². The molecule has 7 heteroatoms. The SMILES string of the molecule is CC(=O)c1cc(Br)cc(OC(F)(F)F)c1I. The third-order valence-corrected chi connectivity index (χ3v) is 3.18. The average Bonchev–Trinajstić information content (AvgIpc) is 2.07. The van der Waals surface area contributed by atoms with E-state index in [0.717, 1.165) is 0 Å². The zero-order valence-corrected chi connectivity index (χ0v) is 11.6. The van der Waals surface area contributed by atoms with Gasteiger partial charge in [0.05, 0.1) is 3.57 Å². The Morgan fingerprint density at radius 3 is 2.44 bits per heavy atom. The van der Waals surface area contributed by atoms with E-state index < -0.39 is 6.36 Å². The Hall–Kier alpha value is -0.310. The third-order valence-electron chi connectivity index (χ3n) is 1.61. The highest BCUT2D eigenvalue weighted by molar-refractivity contribution is 14.1. The molecule has 2 nitrogen and oxygen atoms in total. The van der Waals surface area contributed by atoms with Crippen LogP contribution in [0, 0.1) is 3.57 Å². The minimum Gasteiger partial charge on any atom is -0.405 e. The van der Waals surface area contributed by atoms with E-state index in [1.54, 1.807) is 22.6 Å². The standard InChI is InChI=1S/C9H5BrF3IO2/c1-4(15)6-2-5(10)3-7(8(6)14)16-9(11,12)13/h2-3H,1H3. The Labute approximate surface area is 111 Å². The van der Waals surface area contributed by atoms with Crippen LogP contribution in [0.2, 0.25) is 0 Å². The molecule has 0 aliphatic rings. The second kappa shape index (κ2) is 4.91. The molecule has 0 aliphatic carbocycles. The highest BCUT2D eigenvalue weighted by Crippen LogP contribution is 2.33. The van der Waals surface area contributed by atoms with Gasteiger partial charge < -0.3 is 4.74 Å². The van der Waals surface area contributed by atoms with Gasteiger partial charge >= 0.3 is 6.36 Å². The molecule has 0 amide bonds. The molecule has 1 aromatic carbocycles. The number of Topliss-reactive ketones (excluding diaryl/α,β-unsaturated/α-hetero) is 1. The van der Waals surface area contributed by atoms with Crippen LogP contribution in [-0.2, 0) is 0 Å². The molecule has 0 aliphatic heterocycles. The Bertz CT molecular complexity index is 431. The van der Waals surface area contributed by atoms with Crippen molar-refractivity contribution in [1.82, 2.24) is 0 Å². The van der Waals surface area contributed by atoms with Crippen LogP contribution in [-0.4, -0.2) is 12.1 Å². The number of ketones is 1. The summed E-state index contributed by atoms with van der Waals surface area (Å²) in [5.74, 6) is -0.703. The first-order valence-electron chi connectivity index (χ1n) is 3.96. The van der Waals surface area contributed by atoms with E-state index in [9.17, 15) is 18.0 Å². The maximum absolute atomic E-state index is 12.1. The van der Waals surface area contributed by atoms with Crippen LogP contribution in [0.15, 0.2) is 16.6 Å². The van der Waals surface area contributed by atoms with E-state index in [1.807, 2.05) is 0 Å². The quantitative estimate of drug-likeness (QED) is 0.542. The fraction of sp³-hybridized carbons (Fsp3) is 0.222. The fourth-order valence-corrected chi connectivity index (χ4v) is 2.26. The fourth-order valence-electron chi connectivity index (χ4n) is 1.02. The lowest BCUT2D eigenvalue weighted by molar-refractivity contribution is -0.275. The Kier molecular flexibility index (Phi) is 4.22. The molecule has 1 aromatic rings. The summed E-state index contributed by atoms with van der Waals surface area (Å²) in [6.45, 7) is 1.28. The molecule has 0 N–H and O–H groups in total. The van der Waals surface area contributed by atoms with Gasteiger partial charge in [-0.3, -0.25) is 4.79 Å². The van der Waals surface area contributed by atoms with Crippen molar-refractivity contribution < 1.29 is 22.7 Å². The zero-order valence-electron chi connectivity index (χ0n) is 7.86. The van der Waals surface area contributed by atoms with Gasteiger partial charge in [0, 0.05) is 10.0 Å². The lowest BCUT2D eigenvalue weighted by atomic mass is 10.1. The van der Waals surface area contributed by atoms with Gasteiger partial charge in [0.15, 0.2) is 5.78 Å². The average molecular weight is 409 g/mol. The number of carbonyl (C=O) groups excluding carboxylic acids is 1. The molecule has 0 spiro atoms. The normalized spacial score (nSPS) is 11.4. The van der Waals surface area contributed by atoms with Crippen molar-refractivity contribution in [2.75, 3.05) is 0 Å². The monoisotopic (exact) mass is 408 g/mol.